The van der Waals surface area contributed by atoms with Gasteiger partial charge >= 0.3 is 12.1 Å². The zero-order valence-corrected chi connectivity index (χ0v) is 11.3. The summed E-state index contributed by atoms with van der Waals surface area (Å²) in [6.45, 7) is 7.44. The van der Waals surface area contributed by atoms with E-state index in [1.807, 2.05) is 0 Å². The SMILES string of the molecule is CC(C)(C)OC(=O)NCC(=O)NC(C)(C)C(=O)O. The third-order valence-corrected chi connectivity index (χ3v) is 1.78. The van der Waals surface area contributed by atoms with Crippen molar-refractivity contribution < 1.29 is 24.2 Å². The highest BCUT2D eigenvalue weighted by Gasteiger charge is 2.29. The molecule has 0 aromatic heterocycles. The van der Waals surface area contributed by atoms with Gasteiger partial charge in [-0.1, -0.05) is 0 Å². The highest BCUT2D eigenvalue weighted by atomic mass is 16.6. The van der Waals surface area contributed by atoms with E-state index in [1.165, 1.54) is 13.8 Å². The standard InChI is InChI=1S/C11H20N2O5/c1-10(2,3)18-9(17)12-6-7(14)13-11(4,5)8(15)16/h6H2,1-5H3,(H,12,17)(H,13,14)(H,15,16). The van der Waals surface area contributed by atoms with E-state index in [1.54, 1.807) is 20.8 Å². The second-order valence-corrected chi connectivity index (χ2v) is 5.33. The number of ether oxygens (including phenoxy) is 1. The van der Waals surface area contributed by atoms with Crippen molar-refractivity contribution in [3.8, 4) is 0 Å². The number of carboxylic acid groups (broad SMARTS) is 1. The molecular formula is C11H20N2O5. The van der Waals surface area contributed by atoms with E-state index >= 15 is 0 Å². The molecule has 0 spiro atoms. The summed E-state index contributed by atoms with van der Waals surface area (Å²) in [4.78, 5) is 33.4. The van der Waals surface area contributed by atoms with Crippen molar-refractivity contribution in [1.82, 2.24) is 10.6 Å². The molecule has 2 amide bonds. The number of alkyl carbamates (subject to hydrolysis) is 1. The molecule has 0 atom stereocenters. The lowest BCUT2D eigenvalue weighted by molar-refractivity contribution is -0.145. The predicted molar refractivity (Wildman–Crippen MR) is 64.1 cm³/mol. The van der Waals surface area contributed by atoms with E-state index in [2.05, 4.69) is 10.6 Å². The van der Waals surface area contributed by atoms with Gasteiger partial charge in [-0.3, -0.25) is 4.79 Å². The van der Waals surface area contributed by atoms with Crippen molar-refractivity contribution in [1.29, 1.82) is 0 Å². The van der Waals surface area contributed by atoms with E-state index in [0.717, 1.165) is 0 Å². The molecule has 3 N–H and O–H groups in total. The van der Waals surface area contributed by atoms with Crippen molar-refractivity contribution in [2.45, 2.75) is 45.8 Å². The van der Waals surface area contributed by atoms with Crippen LogP contribution < -0.4 is 10.6 Å². The zero-order valence-electron chi connectivity index (χ0n) is 11.3. The Bertz CT molecular complexity index is 344. The minimum atomic E-state index is -1.38. The first-order valence-corrected chi connectivity index (χ1v) is 5.45. The van der Waals surface area contributed by atoms with Crippen LogP contribution in [0.1, 0.15) is 34.6 Å². The Balaban J connectivity index is 4.13. The number of carbonyl (C=O) groups excluding carboxylic acids is 2. The van der Waals surface area contributed by atoms with Gasteiger partial charge in [-0.15, -0.1) is 0 Å². The van der Waals surface area contributed by atoms with Crippen LogP contribution in [0.15, 0.2) is 0 Å². The summed E-state index contributed by atoms with van der Waals surface area (Å²) >= 11 is 0. The Morgan fingerprint density at radius 1 is 1.11 bits per heavy atom. The number of carbonyl (C=O) groups is 3. The Morgan fingerprint density at radius 3 is 2.00 bits per heavy atom. The van der Waals surface area contributed by atoms with Crippen LogP contribution >= 0.6 is 0 Å². The van der Waals surface area contributed by atoms with Crippen LogP contribution in [0, 0.1) is 0 Å². The molecule has 0 fully saturated rings. The Kier molecular flexibility index (Phi) is 5.13. The molecule has 0 unspecified atom stereocenters. The summed E-state index contributed by atoms with van der Waals surface area (Å²) in [5.41, 5.74) is -2.03. The van der Waals surface area contributed by atoms with E-state index in [4.69, 9.17) is 9.84 Å². The Hall–Kier alpha value is -1.79. The van der Waals surface area contributed by atoms with Gasteiger partial charge in [0, 0.05) is 0 Å². The largest absolute Gasteiger partial charge is 0.480 e. The highest BCUT2D eigenvalue weighted by molar-refractivity contribution is 5.88. The minimum absolute atomic E-state index is 0.342. The number of aliphatic carboxylic acids is 1. The molecule has 0 bridgehead atoms. The summed E-state index contributed by atoms with van der Waals surface area (Å²) in [5.74, 6) is -1.76. The molecule has 0 saturated heterocycles. The lowest BCUT2D eigenvalue weighted by Crippen LogP contribution is -2.52. The average molecular weight is 260 g/mol. The van der Waals surface area contributed by atoms with Crippen LogP contribution in [0.2, 0.25) is 0 Å². The third kappa shape index (κ3) is 6.72. The Morgan fingerprint density at radius 2 is 1.61 bits per heavy atom. The molecule has 0 aliphatic carbocycles. The topological polar surface area (TPSA) is 105 Å². The molecule has 0 radical (unpaired) electrons. The van der Waals surface area contributed by atoms with Crippen LogP contribution in [-0.2, 0) is 14.3 Å². The smallest absolute Gasteiger partial charge is 0.408 e. The lowest BCUT2D eigenvalue weighted by Gasteiger charge is -2.22. The number of hydrogen-bond acceptors (Lipinski definition) is 4. The third-order valence-electron chi connectivity index (χ3n) is 1.78. The van der Waals surface area contributed by atoms with Crippen LogP contribution in [0.25, 0.3) is 0 Å². The zero-order chi connectivity index (χ0) is 14.6. The number of rotatable bonds is 4. The molecule has 104 valence electrons. The fourth-order valence-electron chi connectivity index (χ4n) is 0.913. The molecule has 0 aromatic carbocycles. The molecule has 7 nitrogen and oxygen atoms in total. The van der Waals surface area contributed by atoms with Gasteiger partial charge in [0.2, 0.25) is 5.91 Å². The van der Waals surface area contributed by atoms with E-state index in [9.17, 15) is 14.4 Å². The Labute approximate surface area is 106 Å². The van der Waals surface area contributed by atoms with Crippen molar-refractivity contribution in [2.75, 3.05) is 6.54 Å². The predicted octanol–water partition coefficient (Wildman–Crippen LogP) is 0.491. The molecule has 0 aliphatic heterocycles. The van der Waals surface area contributed by atoms with Crippen LogP contribution in [0.3, 0.4) is 0 Å². The summed E-state index contributed by atoms with van der Waals surface area (Å²) in [6.07, 6.45) is -0.731. The van der Waals surface area contributed by atoms with Gasteiger partial charge in [-0.25, -0.2) is 9.59 Å². The van der Waals surface area contributed by atoms with Gasteiger partial charge in [0.05, 0.1) is 0 Å². The molecule has 0 saturated carbocycles. The molecule has 0 rings (SSSR count). The molecule has 0 aromatic rings. The normalized spacial score (nSPS) is 11.6. The summed E-state index contributed by atoms with van der Waals surface area (Å²) in [5, 5.41) is 13.3. The maximum absolute atomic E-state index is 11.4. The van der Waals surface area contributed by atoms with E-state index in [-0.39, 0.29) is 6.54 Å². The van der Waals surface area contributed by atoms with Crippen molar-refractivity contribution in [3.63, 3.8) is 0 Å². The first-order valence-electron chi connectivity index (χ1n) is 5.45. The van der Waals surface area contributed by atoms with E-state index < -0.39 is 29.1 Å². The van der Waals surface area contributed by atoms with Crippen molar-refractivity contribution >= 4 is 18.0 Å². The maximum atomic E-state index is 11.4. The first kappa shape index (κ1) is 16.2. The van der Waals surface area contributed by atoms with E-state index in [0.29, 0.717) is 0 Å². The van der Waals surface area contributed by atoms with Crippen molar-refractivity contribution in [3.05, 3.63) is 0 Å². The van der Waals surface area contributed by atoms with Crippen LogP contribution in [0.5, 0.6) is 0 Å². The van der Waals surface area contributed by atoms with Gasteiger partial charge in [0.15, 0.2) is 0 Å². The van der Waals surface area contributed by atoms with Gasteiger partial charge in [0.1, 0.15) is 17.7 Å². The quantitative estimate of drug-likeness (QED) is 0.682. The van der Waals surface area contributed by atoms with Gasteiger partial charge in [-0.05, 0) is 34.6 Å². The first-order chi connectivity index (χ1) is 7.94. The van der Waals surface area contributed by atoms with Crippen LogP contribution in [0.4, 0.5) is 4.79 Å². The fourth-order valence-corrected chi connectivity index (χ4v) is 0.913. The van der Waals surface area contributed by atoms with Crippen LogP contribution in [-0.4, -0.2) is 40.8 Å². The average Bonchev–Trinajstić information content (AvgIpc) is 2.11. The van der Waals surface area contributed by atoms with Crippen molar-refractivity contribution in [2.24, 2.45) is 0 Å². The number of nitrogens with one attached hydrogen (secondary N) is 2. The molecule has 18 heavy (non-hydrogen) atoms. The molecule has 0 heterocycles. The maximum Gasteiger partial charge on any atom is 0.408 e. The molecule has 0 aliphatic rings. The molecular weight excluding hydrogens is 240 g/mol. The number of amides is 2. The lowest BCUT2D eigenvalue weighted by atomic mass is 10.1. The summed E-state index contributed by atoms with van der Waals surface area (Å²) in [7, 11) is 0. The summed E-state index contributed by atoms with van der Waals surface area (Å²) < 4.78 is 4.92. The van der Waals surface area contributed by atoms with Gasteiger partial charge in [-0.2, -0.15) is 0 Å². The highest BCUT2D eigenvalue weighted by Crippen LogP contribution is 2.06. The second-order valence-electron chi connectivity index (χ2n) is 5.33. The number of hydrogen-bond donors (Lipinski definition) is 3. The van der Waals surface area contributed by atoms with Gasteiger partial charge in [0.25, 0.3) is 0 Å². The van der Waals surface area contributed by atoms with Gasteiger partial charge < -0.3 is 20.5 Å². The number of carboxylic acids is 1. The minimum Gasteiger partial charge on any atom is -0.480 e. The second kappa shape index (κ2) is 5.70. The monoisotopic (exact) mass is 260 g/mol. The molecule has 7 heteroatoms. The fraction of sp³-hybridized carbons (Fsp3) is 0.727. The summed E-state index contributed by atoms with van der Waals surface area (Å²) in [6, 6.07) is 0.